The van der Waals surface area contributed by atoms with Gasteiger partial charge in [0, 0.05) is 17.9 Å². The summed E-state index contributed by atoms with van der Waals surface area (Å²) in [5, 5.41) is 0. The zero-order chi connectivity index (χ0) is 17.6. The number of hydrogen-bond donors (Lipinski definition) is 0. The van der Waals surface area contributed by atoms with E-state index in [4.69, 9.17) is 9.47 Å². The molecule has 1 fully saturated rings. The molecular formula is C20H28O4. The molecule has 0 aromatic rings. The van der Waals surface area contributed by atoms with Crippen LogP contribution in [-0.4, -0.2) is 18.0 Å². The molecule has 0 saturated heterocycles. The van der Waals surface area contributed by atoms with Crippen LogP contribution in [0.3, 0.4) is 0 Å². The molecule has 0 N–H and O–H groups in total. The molecule has 3 rings (SSSR count). The van der Waals surface area contributed by atoms with Crippen molar-refractivity contribution in [2.24, 2.45) is 23.2 Å². The Balaban J connectivity index is 1.88. The molecule has 5 unspecified atom stereocenters. The molecule has 0 radical (unpaired) electrons. The summed E-state index contributed by atoms with van der Waals surface area (Å²) in [5.74, 6) is 1.11. The SMILES string of the molecule is CC=C(C)C(=O)OC1CCC(C)C2(C)CC3=C(CC12)OC(=O)C3C. The fraction of sp³-hybridized carbons (Fsp3) is 0.700. The summed E-state index contributed by atoms with van der Waals surface area (Å²) in [4.78, 5) is 24.2. The largest absolute Gasteiger partial charge is 0.459 e. The van der Waals surface area contributed by atoms with Gasteiger partial charge in [0.05, 0.1) is 5.92 Å². The molecule has 1 saturated carbocycles. The zero-order valence-electron chi connectivity index (χ0n) is 15.3. The highest BCUT2D eigenvalue weighted by molar-refractivity contribution is 5.87. The second-order valence-electron chi connectivity index (χ2n) is 7.98. The Labute approximate surface area is 144 Å². The van der Waals surface area contributed by atoms with E-state index < -0.39 is 0 Å². The first-order chi connectivity index (χ1) is 11.3. The summed E-state index contributed by atoms with van der Waals surface area (Å²) in [6.45, 7) is 10.2. The lowest BCUT2D eigenvalue weighted by Gasteiger charge is -2.52. The Morgan fingerprint density at radius 2 is 2.04 bits per heavy atom. The Bertz CT molecular complexity index is 630. The summed E-state index contributed by atoms with van der Waals surface area (Å²) in [6.07, 6.45) is 5.20. The molecule has 24 heavy (non-hydrogen) atoms. The maximum atomic E-state index is 12.2. The maximum absolute atomic E-state index is 12.2. The predicted octanol–water partition coefficient (Wildman–Crippen LogP) is 4.16. The standard InChI is InChI=1S/C20H28O4/c1-6-11(2)18(21)23-16-8-7-12(3)20(5)10-14-13(4)19(22)24-17(14)9-15(16)20/h6,12-13,15-16H,7-10H2,1-5H3. The highest BCUT2D eigenvalue weighted by Crippen LogP contribution is 2.57. The molecule has 0 spiro atoms. The van der Waals surface area contributed by atoms with E-state index in [-0.39, 0.29) is 35.3 Å². The van der Waals surface area contributed by atoms with Crippen molar-refractivity contribution in [1.29, 1.82) is 0 Å². The number of rotatable bonds is 2. The van der Waals surface area contributed by atoms with Gasteiger partial charge < -0.3 is 9.47 Å². The third-order valence-electron chi connectivity index (χ3n) is 6.75. The van der Waals surface area contributed by atoms with E-state index in [9.17, 15) is 9.59 Å². The molecule has 1 heterocycles. The lowest BCUT2D eigenvalue weighted by molar-refractivity contribution is -0.158. The molecule has 3 aliphatic rings. The number of ether oxygens (including phenoxy) is 2. The van der Waals surface area contributed by atoms with E-state index in [2.05, 4.69) is 13.8 Å². The molecule has 2 aliphatic carbocycles. The second-order valence-corrected chi connectivity index (χ2v) is 7.98. The number of carbonyl (C=O) groups excluding carboxylic acids is 2. The molecule has 0 amide bonds. The quantitative estimate of drug-likeness (QED) is 0.563. The Kier molecular flexibility index (Phi) is 4.35. The fourth-order valence-electron chi connectivity index (χ4n) is 4.59. The van der Waals surface area contributed by atoms with Gasteiger partial charge in [-0.05, 0) is 56.9 Å². The van der Waals surface area contributed by atoms with Crippen LogP contribution in [-0.2, 0) is 19.1 Å². The molecule has 4 heteroatoms. The Morgan fingerprint density at radius 3 is 2.71 bits per heavy atom. The van der Waals surface area contributed by atoms with E-state index in [1.165, 1.54) is 5.57 Å². The minimum atomic E-state index is -0.226. The molecule has 132 valence electrons. The number of allylic oxidation sites excluding steroid dienone is 2. The normalized spacial score (nSPS) is 39.2. The smallest absolute Gasteiger partial charge is 0.333 e. The van der Waals surface area contributed by atoms with Gasteiger partial charge in [-0.1, -0.05) is 19.9 Å². The van der Waals surface area contributed by atoms with Crippen molar-refractivity contribution in [3.63, 3.8) is 0 Å². The average molecular weight is 332 g/mol. The number of fused-ring (bicyclic) bond motifs is 1. The highest BCUT2D eigenvalue weighted by atomic mass is 16.6. The zero-order valence-corrected chi connectivity index (χ0v) is 15.3. The molecular weight excluding hydrogens is 304 g/mol. The van der Waals surface area contributed by atoms with Crippen LogP contribution in [0.1, 0.15) is 60.3 Å². The van der Waals surface area contributed by atoms with Crippen LogP contribution >= 0.6 is 0 Å². The first-order valence-corrected chi connectivity index (χ1v) is 9.05. The lowest BCUT2D eigenvalue weighted by atomic mass is 9.54. The minimum Gasteiger partial charge on any atom is -0.459 e. The number of carbonyl (C=O) groups is 2. The van der Waals surface area contributed by atoms with Gasteiger partial charge in [0.25, 0.3) is 0 Å². The topological polar surface area (TPSA) is 52.6 Å². The third-order valence-corrected chi connectivity index (χ3v) is 6.75. The highest BCUT2D eigenvalue weighted by Gasteiger charge is 2.54. The van der Waals surface area contributed by atoms with E-state index in [1.54, 1.807) is 13.0 Å². The van der Waals surface area contributed by atoms with Crippen LogP contribution < -0.4 is 0 Å². The van der Waals surface area contributed by atoms with Crippen molar-refractivity contribution in [3.8, 4) is 0 Å². The minimum absolute atomic E-state index is 0.0497. The van der Waals surface area contributed by atoms with E-state index in [0.717, 1.165) is 25.0 Å². The van der Waals surface area contributed by atoms with Crippen LogP contribution in [0.2, 0.25) is 0 Å². The van der Waals surface area contributed by atoms with Gasteiger partial charge in [0.2, 0.25) is 0 Å². The predicted molar refractivity (Wildman–Crippen MR) is 90.8 cm³/mol. The third kappa shape index (κ3) is 2.60. The van der Waals surface area contributed by atoms with Crippen LogP contribution in [0, 0.1) is 23.2 Å². The summed E-state index contributed by atoms with van der Waals surface area (Å²) in [6, 6.07) is 0. The molecule has 0 bridgehead atoms. The maximum Gasteiger partial charge on any atom is 0.333 e. The van der Waals surface area contributed by atoms with E-state index in [1.807, 2.05) is 13.8 Å². The lowest BCUT2D eigenvalue weighted by Crippen LogP contribution is -2.49. The summed E-state index contributed by atoms with van der Waals surface area (Å²) in [5.41, 5.74) is 1.86. The molecule has 0 aromatic heterocycles. The van der Waals surface area contributed by atoms with Crippen molar-refractivity contribution < 1.29 is 19.1 Å². The van der Waals surface area contributed by atoms with Gasteiger partial charge in [-0.2, -0.15) is 0 Å². The first-order valence-electron chi connectivity index (χ1n) is 9.05. The molecule has 1 aliphatic heterocycles. The average Bonchev–Trinajstić information content (AvgIpc) is 2.82. The summed E-state index contributed by atoms with van der Waals surface area (Å²) in [7, 11) is 0. The fourth-order valence-corrected chi connectivity index (χ4v) is 4.59. The van der Waals surface area contributed by atoms with E-state index >= 15 is 0 Å². The van der Waals surface area contributed by atoms with Crippen molar-refractivity contribution in [2.45, 2.75) is 66.4 Å². The molecule has 0 aromatic carbocycles. The number of esters is 2. The van der Waals surface area contributed by atoms with Crippen molar-refractivity contribution in [3.05, 3.63) is 23.0 Å². The van der Waals surface area contributed by atoms with Gasteiger partial charge in [0.1, 0.15) is 11.9 Å². The van der Waals surface area contributed by atoms with Crippen molar-refractivity contribution in [2.75, 3.05) is 0 Å². The summed E-state index contributed by atoms with van der Waals surface area (Å²) >= 11 is 0. The van der Waals surface area contributed by atoms with Crippen LogP contribution in [0.4, 0.5) is 0 Å². The van der Waals surface area contributed by atoms with Gasteiger partial charge in [-0.25, -0.2) is 4.79 Å². The van der Waals surface area contributed by atoms with Crippen LogP contribution in [0.25, 0.3) is 0 Å². The second kappa shape index (κ2) is 6.05. The number of hydrogen-bond acceptors (Lipinski definition) is 4. The molecule has 5 atom stereocenters. The van der Waals surface area contributed by atoms with Gasteiger partial charge in [0.15, 0.2) is 0 Å². The van der Waals surface area contributed by atoms with Crippen molar-refractivity contribution in [1.82, 2.24) is 0 Å². The van der Waals surface area contributed by atoms with Gasteiger partial charge >= 0.3 is 11.9 Å². The van der Waals surface area contributed by atoms with Crippen LogP contribution in [0.15, 0.2) is 23.0 Å². The monoisotopic (exact) mass is 332 g/mol. The Hall–Kier alpha value is -1.58. The first kappa shape index (κ1) is 17.2. The van der Waals surface area contributed by atoms with Crippen molar-refractivity contribution >= 4 is 11.9 Å². The Morgan fingerprint density at radius 1 is 1.33 bits per heavy atom. The van der Waals surface area contributed by atoms with Gasteiger partial charge in [-0.15, -0.1) is 0 Å². The van der Waals surface area contributed by atoms with E-state index in [0.29, 0.717) is 17.9 Å². The molecule has 4 nitrogen and oxygen atoms in total. The van der Waals surface area contributed by atoms with Crippen LogP contribution in [0.5, 0.6) is 0 Å². The van der Waals surface area contributed by atoms with Gasteiger partial charge in [-0.3, -0.25) is 4.79 Å². The summed E-state index contributed by atoms with van der Waals surface area (Å²) < 4.78 is 11.4.